The molecule has 6 rings (SSSR count). The standard InChI is InChI=1S/C54H86FN5O15S/c1-17-41-54(11)47(56-51(64)75-54)31(4)43(61)29(2)25-53(10,69-15)48(32(5)45(33(6)49(63)72-41)73-42-26-52(9,68-14)34(7)35(8)71-42)74-50-44(62)39(24-30(3)70-50)59(12)23-22-37-28-60(58-57-37)40(27-55)46(67-13)36-18-20-38(21-19-36)76(16,65)66/h18-21,28-35,39-42,44-48,50,62H,17,22-27H2,1-16H3,(H,56,64)/t29-,30-,31+,32+,33-,34+,35+,39+,40-,41-,42+,44-,45+,46-,47-,48-,50+,52-,53-,54-/m1/s1. The number of aromatic nitrogens is 3. The number of likely N-dealkylation sites (N-methyl/N-ethyl adjacent to an activating group) is 1. The van der Waals surface area contributed by atoms with Gasteiger partial charge in [-0.25, -0.2) is 22.3 Å². The van der Waals surface area contributed by atoms with Gasteiger partial charge < -0.3 is 58.0 Å². The van der Waals surface area contributed by atoms with Crippen molar-refractivity contribution < 1.29 is 74.9 Å². The number of benzene rings is 1. The second-order valence-electron chi connectivity index (χ2n) is 22.7. The van der Waals surface area contributed by atoms with Gasteiger partial charge >= 0.3 is 12.1 Å². The molecule has 0 aliphatic carbocycles. The summed E-state index contributed by atoms with van der Waals surface area (Å²) in [5.74, 6) is -4.01. The summed E-state index contributed by atoms with van der Waals surface area (Å²) in [6.45, 7) is 19.9. The second kappa shape index (κ2) is 24.8. The SMILES string of the molecule is CC[C@H]1OC(=O)[C@H](C)[C@@H](O[C@H]2C[C@@](C)(OC)[C@@H](C)[C@H](C)O2)[C@H](C)[C@@H](O[C@@H]2O[C@H](C)C[C@H](N(C)CCc3cn([C@H](CF)[C@H](OC)c4ccc(S(C)(=O)=O)cc4)nn3)[C@H]2O)[C@](C)(OC)C[C@@H](C)C(=O)[C@H](C)[C@H]2NC(=O)O[C@@]21C. The largest absolute Gasteiger partial charge is 0.458 e. The zero-order valence-corrected chi connectivity index (χ0v) is 48.2. The fraction of sp³-hybridized carbons (Fsp3) is 0.796. The number of carbonyl (C=O) groups excluding carboxylic acids is 3. The highest BCUT2D eigenvalue weighted by Crippen LogP contribution is 2.44. The summed E-state index contributed by atoms with van der Waals surface area (Å²) in [5, 5.41) is 23.9. The third-order valence-corrected chi connectivity index (χ3v) is 18.5. The van der Waals surface area contributed by atoms with Crippen molar-refractivity contribution in [1.82, 2.24) is 25.2 Å². The van der Waals surface area contributed by atoms with E-state index in [0.717, 1.165) is 6.26 Å². The lowest BCUT2D eigenvalue weighted by molar-refractivity contribution is -0.315. The second-order valence-corrected chi connectivity index (χ2v) is 24.7. The van der Waals surface area contributed by atoms with Gasteiger partial charge in [-0.3, -0.25) is 9.59 Å². The molecule has 0 bridgehead atoms. The Labute approximate surface area is 448 Å². The van der Waals surface area contributed by atoms with Crippen LogP contribution in [0.15, 0.2) is 35.4 Å². The van der Waals surface area contributed by atoms with Crippen LogP contribution in [0.5, 0.6) is 0 Å². The zero-order chi connectivity index (χ0) is 56.4. The van der Waals surface area contributed by atoms with Crippen LogP contribution in [0, 0.1) is 29.6 Å². The fourth-order valence-electron chi connectivity index (χ4n) is 12.2. The first-order valence-corrected chi connectivity index (χ1v) is 28.6. The normalized spacial score (nSPS) is 38.9. The first-order chi connectivity index (χ1) is 35.6. The molecule has 22 heteroatoms. The molecule has 0 saturated carbocycles. The van der Waals surface area contributed by atoms with Crippen LogP contribution in [0.2, 0.25) is 0 Å². The van der Waals surface area contributed by atoms with E-state index in [1.54, 1.807) is 46.2 Å². The quantitative estimate of drug-likeness (QED) is 0.174. The summed E-state index contributed by atoms with van der Waals surface area (Å²) in [7, 11) is 3.06. The van der Waals surface area contributed by atoms with Gasteiger partial charge in [-0.1, -0.05) is 52.0 Å². The number of rotatable bonds is 17. The van der Waals surface area contributed by atoms with Gasteiger partial charge in [0.15, 0.2) is 28.0 Å². The fourth-order valence-corrected chi connectivity index (χ4v) is 12.8. The Morgan fingerprint density at radius 2 is 1.61 bits per heavy atom. The van der Waals surface area contributed by atoms with E-state index in [1.807, 2.05) is 60.4 Å². The molecule has 1 aromatic carbocycles. The lowest BCUT2D eigenvalue weighted by atomic mass is 9.73. The topological polar surface area (TPSA) is 235 Å². The molecule has 1 amide bonds. The number of esters is 1. The molecule has 1 aromatic heterocycles. The Morgan fingerprint density at radius 3 is 2.20 bits per heavy atom. The minimum Gasteiger partial charge on any atom is -0.458 e. The van der Waals surface area contributed by atoms with Crippen LogP contribution in [-0.4, -0.2) is 177 Å². The summed E-state index contributed by atoms with van der Waals surface area (Å²) in [6.07, 6.45) is -4.23. The van der Waals surface area contributed by atoms with Crippen LogP contribution < -0.4 is 5.32 Å². The van der Waals surface area contributed by atoms with Gasteiger partial charge in [0, 0.05) is 82.9 Å². The number of aliphatic hydroxyl groups excluding tert-OH is 1. The maximum Gasteiger partial charge on any atom is 0.408 e. The predicted molar refractivity (Wildman–Crippen MR) is 276 cm³/mol. The van der Waals surface area contributed by atoms with E-state index in [0.29, 0.717) is 37.1 Å². The number of hydrogen-bond acceptors (Lipinski definition) is 18. The summed E-state index contributed by atoms with van der Waals surface area (Å²) in [5.41, 5.74) is -2.22. The van der Waals surface area contributed by atoms with E-state index < -0.39 is 136 Å². The number of carbonyl (C=O) groups is 3. The molecule has 76 heavy (non-hydrogen) atoms. The molecule has 4 aliphatic rings. The number of alkyl carbamates (subject to hydrolysis) is 1. The number of sulfone groups is 1. The van der Waals surface area contributed by atoms with Gasteiger partial charge in [-0.2, -0.15) is 0 Å². The highest BCUT2D eigenvalue weighted by atomic mass is 32.2. The number of methoxy groups -OCH3 is 3. The number of aliphatic hydroxyl groups is 1. The van der Waals surface area contributed by atoms with Crippen molar-refractivity contribution >= 4 is 27.7 Å². The van der Waals surface area contributed by atoms with Gasteiger partial charge in [0.05, 0.1) is 58.2 Å². The molecule has 430 valence electrons. The van der Waals surface area contributed by atoms with Crippen molar-refractivity contribution in [2.24, 2.45) is 29.6 Å². The number of nitrogens with one attached hydrogen (secondary N) is 1. The van der Waals surface area contributed by atoms with Gasteiger partial charge in [0.25, 0.3) is 0 Å². The van der Waals surface area contributed by atoms with Crippen molar-refractivity contribution in [2.75, 3.05) is 47.9 Å². The van der Waals surface area contributed by atoms with Crippen molar-refractivity contribution in [2.45, 2.75) is 203 Å². The van der Waals surface area contributed by atoms with Crippen LogP contribution in [0.3, 0.4) is 0 Å². The molecule has 0 unspecified atom stereocenters. The molecule has 2 N–H and O–H groups in total. The molecule has 5 heterocycles. The van der Waals surface area contributed by atoms with E-state index in [4.69, 9.17) is 42.6 Å². The average Bonchev–Trinajstić information content (AvgIpc) is 3.98. The van der Waals surface area contributed by atoms with Gasteiger partial charge in [-0.15, -0.1) is 5.10 Å². The van der Waals surface area contributed by atoms with Crippen LogP contribution in [0.4, 0.5) is 9.18 Å². The third kappa shape index (κ3) is 13.0. The minimum absolute atomic E-state index is 0.00590. The first kappa shape index (κ1) is 61.5. The maximum atomic E-state index is 14.8. The molecule has 4 aliphatic heterocycles. The van der Waals surface area contributed by atoms with E-state index >= 15 is 0 Å². The van der Waals surface area contributed by atoms with Crippen molar-refractivity contribution in [3.05, 3.63) is 41.7 Å². The molecule has 4 saturated heterocycles. The average molecular weight is 1100 g/mol. The first-order valence-electron chi connectivity index (χ1n) is 26.7. The maximum absolute atomic E-state index is 14.8. The van der Waals surface area contributed by atoms with E-state index in [9.17, 15) is 32.3 Å². The van der Waals surface area contributed by atoms with E-state index in [-0.39, 0.29) is 35.5 Å². The number of ketones is 1. The molecule has 20 nitrogen and oxygen atoms in total. The van der Waals surface area contributed by atoms with Crippen molar-refractivity contribution in [3.63, 3.8) is 0 Å². The predicted octanol–water partition coefficient (Wildman–Crippen LogP) is 5.98. The summed E-state index contributed by atoms with van der Waals surface area (Å²) in [6, 6.07) is 3.86. The Hall–Kier alpha value is -3.71. The molecular formula is C54H86FN5O15S. The number of cyclic esters (lactones) is 1. The number of nitrogens with zero attached hydrogens (tertiary/aromatic N) is 4. The van der Waals surface area contributed by atoms with E-state index in [1.165, 1.54) is 31.0 Å². The van der Waals surface area contributed by atoms with Gasteiger partial charge in [-0.05, 0) is 85.5 Å². The zero-order valence-electron chi connectivity index (χ0n) is 47.4. The molecular weight excluding hydrogens is 1010 g/mol. The molecule has 20 atom stereocenters. The van der Waals surface area contributed by atoms with Crippen LogP contribution in [0.1, 0.15) is 125 Å². The monoisotopic (exact) mass is 1100 g/mol. The Balaban J connectivity index is 1.30. The number of amides is 1. The summed E-state index contributed by atoms with van der Waals surface area (Å²) >= 11 is 0. The Kier molecular flexibility index (Phi) is 20.0. The minimum atomic E-state index is -3.44. The molecule has 0 radical (unpaired) electrons. The Morgan fingerprint density at radius 1 is 0.947 bits per heavy atom. The highest BCUT2D eigenvalue weighted by Gasteiger charge is 2.58. The number of fused-ring (bicyclic) bond motifs is 1. The van der Waals surface area contributed by atoms with E-state index in [2.05, 4.69) is 22.6 Å². The lowest BCUT2D eigenvalue weighted by Crippen LogP contribution is -2.61. The summed E-state index contributed by atoms with van der Waals surface area (Å²) < 4.78 is 98.0. The highest BCUT2D eigenvalue weighted by molar-refractivity contribution is 7.90. The Bertz CT molecular complexity index is 2400. The molecule has 2 aromatic rings. The summed E-state index contributed by atoms with van der Waals surface area (Å²) in [4.78, 5) is 44.6. The number of hydrogen-bond donors (Lipinski definition) is 2. The third-order valence-electron chi connectivity index (χ3n) is 17.4. The van der Waals surface area contributed by atoms with Crippen LogP contribution in [0.25, 0.3) is 0 Å². The van der Waals surface area contributed by atoms with Crippen molar-refractivity contribution in [3.8, 4) is 0 Å². The lowest BCUT2D eigenvalue weighted by Gasteiger charge is -2.50. The van der Waals surface area contributed by atoms with Gasteiger partial charge in [0.2, 0.25) is 0 Å². The van der Waals surface area contributed by atoms with Crippen LogP contribution in [-0.2, 0) is 68.5 Å². The molecule has 0 spiro atoms. The number of halogens is 1. The molecule has 4 fully saturated rings. The number of alkyl halides is 1. The van der Waals surface area contributed by atoms with Gasteiger partial charge in [0.1, 0.15) is 36.8 Å². The number of Topliss-reactive ketones (excluding diaryl/α,β-unsaturated/α-hetero) is 1. The van der Waals surface area contributed by atoms with Crippen molar-refractivity contribution in [1.29, 1.82) is 0 Å². The smallest absolute Gasteiger partial charge is 0.408 e. The van der Waals surface area contributed by atoms with Crippen LogP contribution >= 0.6 is 0 Å². The number of ether oxygens (including phenoxy) is 9.